The van der Waals surface area contributed by atoms with E-state index in [0.717, 1.165) is 6.17 Å². The summed E-state index contributed by atoms with van der Waals surface area (Å²) >= 11 is 0. The van der Waals surface area contributed by atoms with E-state index in [4.69, 9.17) is 8.85 Å². The molecule has 1 aromatic carbocycles. The smallest absolute Gasteiger partial charge is 0.353 e. The predicted octanol–water partition coefficient (Wildman–Crippen LogP) is 5.57. The number of nitrogens with zero attached hydrogens (tertiary/aromatic N) is 1. The van der Waals surface area contributed by atoms with Gasteiger partial charge in [-0.05, 0) is 35.3 Å². The van der Waals surface area contributed by atoms with Crippen molar-refractivity contribution < 1.29 is 8.85 Å². The van der Waals surface area contributed by atoms with Crippen LogP contribution in [0.15, 0.2) is 30.3 Å². The fourth-order valence-corrected chi connectivity index (χ4v) is 14.1. The first-order valence-electron chi connectivity index (χ1n) is 9.08. The first-order valence-corrected chi connectivity index (χ1v) is 13.8. The first-order chi connectivity index (χ1) is 11.2. The van der Waals surface area contributed by atoms with Gasteiger partial charge in [-0.15, -0.1) is 0 Å². The monoisotopic (exact) mass is 367 g/mol. The Morgan fingerprint density at radius 3 is 1.58 bits per heavy atom. The lowest BCUT2D eigenvalue weighted by Crippen LogP contribution is -2.65. The third-order valence-corrected chi connectivity index (χ3v) is 15.5. The van der Waals surface area contributed by atoms with Crippen molar-refractivity contribution in [2.24, 2.45) is 0 Å². The fraction of sp³-hybridized carbons (Fsp3) is 0.684. The molecule has 0 radical (unpaired) electrons. The number of para-hydroxylation sites is 1. The van der Waals surface area contributed by atoms with Crippen LogP contribution in [0, 0.1) is 0 Å². The topological polar surface area (TPSA) is 21.7 Å². The minimum Gasteiger partial charge on any atom is -0.397 e. The van der Waals surface area contributed by atoms with Gasteiger partial charge in [-0.3, -0.25) is 0 Å². The summed E-state index contributed by atoms with van der Waals surface area (Å²) in [6.07, 6.45) is 0.880. The lowest BCUT2D eigenvalue weighted by Gasteiger charge is -2.53. The van der Waals surface area contributed by atoms with Crippen molar-refractivity contribution in [3.63, 3.8) is 0 Å². The second-order valence-corrected chi connectivity index (χ2v) is 17.0. The molecule has 0 aliphatic carbocycles. The summed E-state index contributed by atoms with van der Waals surface area (Å²) in [6, 6.07) is 10.9. The van der Waals surface area contributed by atoms with Gasteiger partial charge in [0.1, 0.15) is 0 Å². The molecule has 138 valence electrons. The predicted molar refractivity (Wildman–Crippen MR) is 110 cm³/mol. The SMILES string of the molecule is CO[Si](C)(CN(c1ccccc1)[Si](C(C)C)(C(C)C)C(C)C)OC. The van der Waals surface area contributed by atoms with Crippen LogP contribution in [0.1, 0.15) is 41.5 Å². The van der Waals surface area contributed by atoms with E-state index >= 15 is 0 Å². The molecule has 0 aliphatic rings. The van der Waals surface area contributed by atoms with E-state index in [0.29, 0.717) is 16.6 Å². The van der Waals surface area contributed by atoms with E-state index < -0.39 is 16.8 Å². The Morgan fingerprint density at radius 2 is 1.25 bits per heavy atom. The lowest BCUT2D eigenvalue weighted by molar-refractivity contribution is 0.251. The largest absolute Gasteiger partial charge is 0.397 e. The standard InChI is InChI=1S/C19H37NO2Si2/c1-16(2)24(17(3)4,18(5)6)20(15-23(9,21-7)22-8)19-13-11-10-12-14-19/h10-14,16-18H,15H2,1-9H3. The van der Waals surface area contributed by atoms with Crippen molar-refractivity contribution in [2.45, 2.75) is 64.7 Å². The first kappa shape index (κ1) is 21.4. The van der Waals surface area contributed by atoms with E-state index in [1.54, 1.807) is 14.2 Å². The van der Waals surface area contributed by atoms with E-state index in [2.05, 4.69) is 83.0 Å². The Labute approximate surface area is 151 Å². The number of benzene rings is 1. The highest BCUT2D eigenvalue weighted by Gasteiger charge is 2.51. The molecule has 1 rings (SSSR count). The van der Waals surface area contributed by atoms with Crippen LogP contribution in [-0.2, 0) is 8.85 Å². The Hall–Kier alpha value is -0.626. The molecule has 0 aromatic heterocycles. The zero-order valence-electron chi connectivity index (χ0n) is 17.1. The molecule has 0 bridgehead atoms. The maximum Gasteiger partial charge on any atom is 0.353 e. The van der Waals surface area contributed by atoms with Gasteiger partial charge >= 0.3 is 8.56 Å². The van der Waals surface area contributed by atoms with Crippen molar-refractivity contribution >= 4 is 22.5 Å². The molecule has 0 atom stereocenters. The van der Waals surface area contributed by atoms with Crippen molar-refractivity contribution in [2.75, 3.05) is 25.0 Å². The molecule has 5 heteroatoms. The Morgan fingerprint density at radius 1 is 0.833 bits per heavy atom. The Kier molecular flexibility index (Phi) is 7.72. The molecule has 0 amide bonds. The van der Waals surface area contributed by atoms with Gasteiger partial charge in [0.2, 0.25) is 0 Å². The second-order valence-electron chi connectivity index (χ2n) is 7.82. The van der Waals surface area contributed by atoms with E-state index in [-0.39, 0.29) is 0 Å². The van der Waals surface area contributed by atoms with Crippen molar-refractivity contribution in [3.8, 4) is 0 Å². The maximum absolute atomic E-state index is 5.87. The minimum absolute atomic E-state index is 0.643. The number of hydrogen-bond acceptors (Lipinski definition) is 3. The molecule has 0 saturated carbocycles. The molecule has 1 aromatic rings. The number of hydrogen-bond donors (Lipinski definition) is 0. The van der Waals surface area contributed by atoms with Gasteiger partial charge in [0.25, 0.3) is 0 Å². The quantitative estimate of drug-likeness (QED) is 0.532. The van der Waals surface area contributed by atoms with E-state index in [1.807, 2.05) is 0 Å². The second kappa shape index (κ2) is 8.65. The van der Waals surface area contributed by atoms with Gasteiger partial charge in [-0.2, -0.15) is 0 Å². The van der Waals surface area contributed by atoms with Gasteiger partial charge in [0.05, 0.1) is 6.17 Å². The number of rotatable bonds is 9. The zero-order chi connectivity index (χ0) is 18.5. The highest BCUT2D eigenvalue weighted by atomic mass is 28.4. The summed E-state index contributed by atoms with van der Waals surface area (Å²) in [6.45, 7) is 16.6. The maximum atomic E-state index is 5.87. The molecule has 0 heterocycles. The summed E-state index contributed by atoms with van der Waals surface area (Å²) < 4.78 is 14.5. The molecular weight excluding hydrogens is 330 g/mol. The van der Waals surface area contributed by atoms with Crippen molar-refractivity contribution in [1.82, 2.24) is 0 Å². The molecule has 0 spiro atoms. The average molecular weight is 368 g/mol. The van der Waals surface area contributed by atoms with Crippen LogP contribution in [0.3, 0.4) is 0 Å². The normalized spacial score (nSPS) is 13.2. The van der Waals surface area contributed by atoms with E-state index in [9.17, 15) is 0 Å². The minimum atomic E-state index is -2.23. The van der Waals surface area contributed by atoms with Crippen molar-refractivity contribution in [1.29, 1.82) is 0 Å². The van der Waals surface area contributed by atoms with Crippen LogP contribution in [0.4, 0.5) is 5.69 Å². The highest BCUT2D eigenvalue weighted by molar-refractivity contribution is 6.88. The average Bonchev–Trinajstić information content (AvgIpc) is 2.54. The molecule has 0 saturated heterocycles. The summed E-state index contributed by atoms with van der Waals surface area (Å²) in [5.74, 6) is 0. The molecule has 0 unspecified atom stereocenters. The van der Waals surface area contributed by atoms with Crippen molar-refractivity contribution in [3.05, 3.63) is 30.3 Å². The third-order valence-electron chi connectivity index (χ3n) is 5.62. The fourth-order valence-electron chi connectivity index (χ4n) is 4.49. The summed E-state index contributed by atoms with van der Waals surface area (Å²) in [4.78, 5) is 0. The molecule has 24 heavy (non-hydrogen) atoms. The van der Waals surface area contributed by atoms with Gasteiger partial charge in [-0.1, -0.05) is 59.7 Å². The van der Waals surface area contributed by atoms with E-state index in [1.165, 1.54) is 5.69 Å². The Balaban J connectivity index is 3.54. The lowest BCUT2D eigenvalue weighted by atomic mass is 10.3. The molecule has 0 aliphatic heterocycles. The van der Waals surface area contributed by atoms with Gasteiger partial charge in [0.15, 0.2) is 8.24 Å². The van der Waals surface area contributed by atoms with Crippen LogP contribution in [0.5, 0.6) is 0 Å². The molecule has 0 fully saturated rings. The van der Waals surface area contributed by atoms with Gasteiger partial charge < -0.3 is 13.4 Å². The van der Waals surface area contributed by atoms with Crippen LogP contribution in [0.25, 0.3) is 0 Å². The van der Waals surface area contributed by atoms with Gasteiger partial charge in [0, 0.05) is 19.9 Å². The van der Waals surface area contributed by atoms with Gasteiger partial charge in [-0.25, -0.2) is 0 Å². The number of anilines is 1. The van der Waals surface area contributed by atoms with Crippen LogP contribution in [-0.4, -0.2) is 37.2 Å². The highest BCUT2D eigenvalue weighted by Crippen LogP contribution is 2.46. The summed E-state index contributed by atoms with van der Waals surface area (Å²) in [5.41, 5.74) is 3.24. The molecule has 3 nitrogen and oxygen atoms in total. The summed E-state index contributed by atoms with van der Waals surface area (Å²) in [7, 11) is -0.474. The summed E-state index contributed by atoms with van der Waals surface area (Å²) in [5, 5.41) is 0. The Bertz CT molecular complexity index is 466. The third kappa shape index (κ3) is 4.13. The molecule has 0 N–H and O–H groups in total. The zero-order valence-corrected chi connectivity index (χ0v) is 19.1. The van der Waals surface area contributed by atoms with Crippen LogP contribution < -0.4 is 4.57 Å². The van der Waals surface area contributed by atoms with Crippen LogP contribution in [0.2, 0.25) is 23.2 Å². The van der Waals surface area contributed by atoms with Crippen LogP contribution >= 0.6 is 0 Å². The molecular formula is C19H37NO2Si2.